The predicted octanol–water partition coefficient (Wildman–Crippen LogP) is 2.74. The fraction of sp³-hybridized carbons (Fsp3) is 0.360. The Morgan fingerprint density at radius 3 is 2.26 bits per heavy atom. The summed E-state index contributed by atoms with van der Waals surface area (Å²) in [5, 5.41) is 5.45. The number of ether oxygens (including phenoxy) is 1. The molecule has 2 fully saturated rings. The summed E-state index contributed by atoms with van der Waals surface area (Å²) in [5.41, 5.74) is 2.85. The number of hydrogen-bond donors (Lipinski definition) is 2. The Balaban J connectivity index is 1.28. The first kappa shape index (κ1) is 23.3. The fourth-order valence-corrected chi connectivity index (χ4v) is 4.35. The fourth-order valence-electron chi connectivity index (χ4n) is 4.35. The molecule has 4 amide bonds. The molecule has 9 nitrogen and oxygen atoms in total. The number of carbonyl (C=O) groups excluding carboxylic acids is 4. The monoisotopic (exact) mass is 464 g/mol. The molecule has 0 aliphatic carbocycles. The van der Waals surface area contributed by atoms with Crippen molar-refractivity contribution in [3.63, 3.8) is 0 Å². The normalized spacial score (nSPS) is 16.6. The van der Waals surface area contributed by atoms with Crippen molar-refractivity contribution in [3.05, 3.63) is 59.7 Å². The second kappa shape index (κ2) is 10.4. The molecule has 34 heavy (non-hydrogen) atoms. The van der Waals surface area contributed by atoms with Crippen LogP contribution in [-0.2, 0) is 14.3 Å². The number of esters is 1. The molecule has 2 aromatic rings. The maximum Gasteiger partial charge on any atom is 0.337 e. The highest BCUT2D eigenvalue weighted by molar-refractivity contribution is 6.39. The van der Waals surface area contributed by atoms with E-state index in [0.717, 1.165) is 30.5 Å². The van der Waals surface area contributed by atoms with Gasteiger partial charge in [0.2, 0.25) is 0 Å². The van der Waals surface area contributed by atoms with Crippen molar-refractivity contribution >= 4 is 35.2 Å². The first-order valence-electron chi connectivity index (χ1n) is 11.4. The van der Waals surface area contributed by atoms with Crippen molar-refractivity contribution in [2.75, 3.05) is 43.5 Å². The average molecular weight is 465 g/mol. The van der Waals surface area contributed by atoms with Gasteiger partial charge < -0.3 is 20.3 Å². The smallest absolute Gasteiger partial charge is 0.337 e. The average Bonchev–Trinajstić information content (AvgIpc) is 2.89. The molecule has 0 unspecified atom stereocenters. The molecule has 2 heterocycles. The van der Waals surface area contributed by atoms with Crippen LogP contribution in [-0.4, -0.2) is 62.0 Å². The number of nitrogens with one attached hydrogen (secondary N) is 2. The van der Waals surface area contributed by atoms with Crippen LogP contribution < -0.4 is 15.5 Å². The highest BCUT2D eigenvalue weighted by atomic mass is 16.5. The minimum absolute atomic E-state index is 0.138. The lowest BCUT2D eigenvalue weighted by Gasteiger charge is -2.31. The maximum atomic E-state index is 12.7. The Hall–Kier alpha value is -3.88. The Kier molecular flexibility index (Phi) is 7.10. The lowest BCUT2D eigenvalue weighted by Crippen LogP contribution is -2.46. The topological polar surface area (TPSA) is 108 Å². The second-order valence-corrected chi connectivity index (χ2v) is 8.42. The van der Waals surface area contributed by atoms with Crippen molar-refractivity contribution < 1.29 is 23.9 Å². The summed E-state index contributed by atoms with van der Waals surface area (Å²) < 4.78 is 4.73. The van der Waals surface area contributed by atoms with E-state index in [-0.39, 0.29) is 17.9 Å². The molecule has 2 N–H and O–H groups in total. The Bertz CT molecular complexity index is 1060. The first-order valence-corrected chi connectivity index (χ1v) is 11.4. The number of urea groups is 1. The summed E-state index contributed by atoms with van der Waals surface area (Å²) >= 11 is 0. The van der Waals surface area contributed by atoms with E-state index in [1.165, 1.54) is 7.11 Å². The highest BCUT2D eigenvalue weighted by Gasteiger charge is 2.28. The van der Waals surface area contributed by atoms with Crippen LogP contribution in [0, 0.1) is 0 Å². The van der Waals surface area contributed by atoms with Crippen LogP contribution in [0.5, 0.6) is 0 Å². The second-order valence-electron chi connectivity index (χ2n) is 8.42. The molecule has 0 saturated carbocycles. The number of likely N-dealkylation sites (tertiary alicyclic amines) is 1. The summed E-state index contributed by atoms with van der Waals surface area (Å²) in [4.78, 5) is 51.9. The summed E-state index contributed by atoms with van der Waals surface area (Å²) in [6, 6.07) is 14.1. The molecule has 0 bridgehead atoms. The first-order chi connectivity index (χ1) is 16.5. The Morgan fingerprint density at radius 1 is 0.971 bits per heavy atom. The van der Waals surface area contributed by atoms with Gasteiger partial charge in [0.05, 0.1) is 12.7 Å². The van der Waals surface area contributed by atoms with Gasteiger partial charge in [-0.15, -0.1) is 0 Å². The molecular weight excluding hydrogens is 436 g/mol. The number of amides is 4. The largest absolute Gasteiger partial charge is 0.465 e. The summed E-state index contributed by atoms with van der Waals surface area (Å²) in [6.45, 7) is 2.28. The van der Waals surface area contributed by atoms with Crippen molar-refractivity contribution in [3.8, 4) is 0 Å². The number of rotatable bonds is 4. The van der Waals surface area contributed by atoms with Gasteiger partial charge in [-0.1, -0.05) is 12.1 Å². The van der Waals surface area contributed by atoms with Crippen LogP contribution in [0.25, 0.3) is 0 Å². The number of anilines is 2. The maximum absolute atomic E-state index is 12.7. The Labute approximate surface area is 198 Å². The Morgan fingerprint density at radius 2 is 1.65 bits per heavy atom. The van der Waals surface area contributed by atoms with Gasteiger partial charge in [-0.05, 0) is 67.1 Å². The van der Waals surface area contributed by atoms with Crippen LogP contribution in [0.2, 0.25) is 0 Å². The zero-order valence-corrected chi connectivity index (χ0v) is 19.1. The molecular formula is C25H28N4O5. The van der Waals surface area contributed by atoms with E-state index in [9.17, 15) is 19.2 Å². The molecule has 0 atom stereocenters. The number of piperidine rings is 1. The van der Waals surface area contributed by atoms with E-state index in [4.69, 9.17) is 4.74 Å². The molecule has 2 aliphatic heterocycles. The van der Waals surface area contributed by atoms with Crippen molar-refractivity contribution in [2.24, 2.45) is 0 Å². The van der Waals surface area contributed by atoms with E-state index >= 15 is 0 Å². The van der Waals surface area contributed by atoms with Gasteiger partial charge in [-0.25, -0.2) is 9.59 Å². The van der Waals surface area contributed by atoms with E-state index in [1.54, 1.807) is 46.2 Å². The van der Waals surface area contributed by atoms with Gasteiger partial charge in [0.25, 0.3) is 0 Å². The molecule has 178 valence electrons. The number of benzene rings is 2. The lowest BCUT2D eigenvalue weighted by molar-refractivity contribution is -0.143. The van der Waals surface area contributed by atoms with E-state index in [1.807, 2.05) is 12.1 Å². The van der Waals surface area contributed by atoms with Gasteiger partial charge in [0, 0.05) is 37.6 Å². The molecule has 9 heteroatoms. The van der Waals surface area contributed by atoms with Crippen LogP contribution in [0.3, 0.4) is 0 Å². The molecule has 2 aliphatic rings. The minimum atomic E-state index is -0.677. The van der Waals surface area contributed by atoms with Gasteiger partial charge in [0.15, 0.2) is 0 Å². The van der Waals surface area contributed by atoms with E-state index in [0.29, 0.717) is 37.4 Å². The zero-order valence-electron chi connectivity index (χ0n) is 19.1. The number of methoxy groups -OCH3 is 1. The van der Waals surface area contributed by atoms with E-state index < -0.39 is 11.8 Å². The standard InChI is InChI=1S/C25H28N4O5/c1-34-24(32)19-5-3-17(4-6-19)18-11-15-28(16-12-18)23(31)22(30)27-20-7-9-21(10-8-20)29-14-2-13-26-25(29)33/h3-10,18H,2,11-16H2,1H3,(H,26,33)(H,27,30). The van der Waals surface area contributed by atoms with Crippen LogP contribution in [0.4, 0.5) is 16.2 Å². The molecule has 4 rings (SSSR count). The third kappa shape index (κ3) is 5.19. The third-order valence-electron chi connectivity index (χ3n) is 6.30. The van der Waals surface area contributed by atoms with Crippen molar-refractivity contribution in [1.29, 1.82) is 0 Å². The third-order valence-corrected chi connectivity index (χ3v) is 6.30. The van der Waals surface area contributed by atoms with Gasteiger partial charge in [0.1, 0.15) is 0 Å². The molecule has 2 saturated heterocycles. The molecule has 0 spiro atoms. The highest BCUT2D eigenvalue weighted by Crippen LogP contribution is 2.28. The van der Waals surface area contributed by atoms with Gasteiger partial charge >= 0.3 is 23.8 Å². The number of hydrogen-bond acceptors (Lipinski definition) is 5. The molecule has 0 radical (unpaired) electrons. The number of carbonyl (C=O) groups is 4. The molecule has 2 aromatic carbocycles. The quantitative estimate of drug-likeness (QED) is 0.534. The van der Waals surface area contributed by atoms with Crippen LogP contribution in [0.15, 0.2) is 48.5 Å². The lowest BCUT2D eigenvalue weighted by atomic mass is 9.89. The summed E-state index contributed by atoms with van der Waals surface area (Å²) in [6.07, 6.45) is 2.35. The van der Waals surface area contributed by atoms with Gasteiger partial charge in [-0.3, -0.25) is 14.5 Å². The minimum Gasteiger partial charge on any atom is -0.465 e. The van der Waals surface area contributed by atoms with Crippen LogP contribution in [0.1, 0.15) is 41.1 Å². The van der Waals surface area contributed by atoms with Crippen molar-refractivity contribution in [1.82, 2.24) is 10.2 Å². The van der Waals surface area contributed by atoms with Gasteiger partial charge in [-0.2, -0.15) is 0 Å². The SMILES string of the molecule is COC(=O)c1ccc(C2CCN(C(=O)C(=O)Nc3ccc(N4CCCNC4=O)cc3)CC2)cc1. The zero-order chi connectivity index (χ0) is 24.1. The summed E-state index contributed by atoms with van der Waals surface area (Å²) in [7, 11) is 1.35. The van der Waals surface area contributed by atoms with E-state index in [2.05, 4.69) is 10.6 Å². The van der Waals surface area contributed by atoms with Crippen LogP contribution >= 0.6 is 0 Å². The number of nitrogens with zero attached hydrogens (tertiary/aromatic N) is 2. The predicted molar refractivity (Wildman–Crippen MR) is 127 cm³/mol. The summed E-state index contributed by atoms with van der Waals surface area (Å²) in [5.74, 6) is -1.34. The molecule has 0 aromatic heterocycles. The van der Waals surface area contributed by atoms with Crippen molar-refractivity contribution in [2.45, 2.75) is 25.2 Å².